The second kappa shape index (κ2) is 11.7. The van der Waals surface area contributed by atoms with E-state index in [2.05, 4.69) is 16.3 Å². The van der Waals surface area contributed by atoms with Crippen LogP contribution in [0.5, 0.6) is 11.5 Å². The molecule has 1 unspecified atom stereocenters. The molecule has 2 heterocycles. The Morgan fingerprint density at radius 1 is 1.27 bits per heavy atom. The molecule has 1 aliphatic rings. The van der Waals surface area contributed by atoms with Gasteiger partial charge in [0.25, 0.3) is 0 Å². The Labute approximate surface area is 198 Å². The summed E-state index contributed by atoms with van der Waals surface area (Å²) in [6, 6.07) is 7.56. The van der Waals surface area contributed by atoms with Crippen LogP contribution in [0.3, 0.4) is 0 Å². The Bertz CT molecular complexity index is 1030. The molecule has 0 spiro atoms. The van der Waals surface area contributed by atoms with Crippen molar-refractivity contribution in [1.29, 1.82) is 5.26 Å². The van der Waals surface area contributed by atoms with Crippen molar-refractivity contribution in [2.45, 2.75) is 26.2 Å². The number of piperidine rings is 1. The van der Waals surface area contributed by atoms with E-state index in [4.69, 9.17) is 19.5 Å². The van der Waals surface area contributed by atoms with Gasteiger partial charge in [0.2, 0.25) is 5.91 Å². The second-order valence-electron chi connectivity index (χ2n) is 7.68. The summed E-state index contributed by atoms with van der Waals surface area (Å²) in [5, 5.41) is 14.1. The fourth-order valence-corrected chi connectivity index (χ4v) is 4.93. The molecule has 1 atom stereocenters. The molecular weight excluding hydrogens is 442 g/mol. The number of anilines is 1. The van der Waals surface area contributed by atoms with Crippen molar-refractivity contribution in [3.8, 4) is 28.7 Å². The van der Waals surface area contributed by atoms with Crippen LogP contribution in [0.4, 0.5) is 5.00 Å². The number of ether oxygens (including phenoxy) is 3. The lowest BCUT2D eigenvalue weighted by molar-refractivity contribution is -0.121. The van der Waals surface area contributed by atoms with Crippen LogP contribution >= 0.6 is 11.3 Å². The van der Waals surface area contributed by atoms with E-state index in [1.165, 1.54) is 11.3 Å². The topological polar surface area (TPSA) is 101 Å². The highest BCUT2D eigenvalue weighted by Gasteiger charge is 2.29. The third-order valence-electron chi connectivity index (χ3n) is 5.62. The quantitative estimate of drug-likeness (QED) is 0.548. The van der Waals surface area contributed by atoms with Crippen LogP contribution in [0.1, 0.15) is 36.5 Å². The average molecular weight is 472 g/mol. The molecule has 0 bridgehead atoms. The standard InChI is InChI=1S/C24H29N3O5S/c1-4-32-24(29)21-18(16-8-9-19(30-2)20(13-16)31-3)15-33-23(21)26-22(28)17-7-5-11-27(14-17)12-6-10-25/h8-9,13,15,17H,4-7,11-12,14H2,1-3H3,(H,26,28). The molecule has 0 saturated carbocycles. The molecule has 8 nitrogen and oxygen atoms in total. The number of hydrogen-bond acceptors (Lipinski definition) is 8. The van der Waals surface area contributed by atoms with Gasteiger partial charge in [-0.1, -0.05) is 6.07 Å². The van der Waals surface area contributed by atoms with E-state index in [0.29, 0.717) is 47.1 Å². The van der Waals surface area contributed by atoms with Gasteiger partial charge < -0.3 is 24.4 Å². The van der Waals surface area contributed by atoms with Gasteiger partial charge in [-0.05, 0) is 44.0 Å². The van der Waals surface area contributed by atoms with Crippen molar-refractivity contribution in [2.75, 3.05) is 45.8 Å². The molecule has 0 aliphatic carbocycles. The van der Waals surface area contributed by atoms with Crippen LogP contribution in [0.15, 0.2) is 23.6 Å². The van der Waals surface area contributed by atoms with E-state index in [1.807, 2.05) is 11.4 Å². The van der Waals surface area contributed by atoms with Crippen molar-refractivity contribution in [1.82, 2.24) is 4.90 Å². The monoisotopic (exact) mass is 471 g/mol. The van der Waals surface area contributed by atoms with Crippen molar-refractivity contribution in [3.05, 3.63) is 29.1 Å². The fraction of sp³-hybridized carbons (Fsp3) is 0.458. The molecule has 1 aliphatic heterocycles. The molecule has 1 fully saturated rings. The second-order valence-corrected chi connectivity index (χ2v) is 8.56. The zero-order valence-corrected chi connectivity index (χ0v) is 20.0. The van der Waals surface area contributed by atoms with Crippen LogP contribution < -0.4 is 14.8 Å². The molecule has 3 rings (SSSR count). The number of rotatable bonds is 9. The molecule has 1 saturated heterocycles. The summed E-state index contributed by atoms with van der Waals surface area (Å²) in [5.74, 6) is 0.322. The SMILES string of the molecule is CCOC(=O)c1c(-c2ccc(OC)c(OC)c2)csc1NC(=O)C1CCCN(CCC#N)C1. The Balaban J connectivity index is 1.87. The zero-order valence-electron chi connectivity index (χ0n) is 19.2. The molecule has 9 heteroatoms. The number of esters is 1. The van der Waals surface area contributed by atoms with E-state index in [1.54, 1.807) is 33.3 Å². The number of nitriles is 1. The van der Waals surface area contributed by atoms with Gasteiger partial charge in [-0.3, -0.25) is 4.79 Å². The van der Waals surface area contributed by atoms with Gasteiger partial charge in [0.15, 0.2) is 11.5 Å². The van der Waals surface area contributed by atoms with Crippen LogP contribution in [0, 0.1) is 17.2 Å². The lowest BCUT2D eigenvalue weighted by atomic mass is 9.97. The third kappa shape index (κ3) is 5.83. The minimum atomic E-state index is -0.488. The molecule has 1 aromatic carbocycles. The zero-order chi connectivity index (χ0) is 23.8. The van der Waals surface area contributed by atoms with Gasteiger partial charge in [-0.2, -0.15) is 5.26 Å². The van der Waals surface area contributed by atoms with Crippen molar-refractivity contribution in [2.24, 2.45) is 5.92 Å². The number of benzene rings is 1. The summed E-state index contributed by atoms with van der Waals surface area (Å²) in [6.07, 6.45) is 2.12. The Kier molecular flexibility index (Phi) is 8.69. The first kappa shape index (κ1) is 24.6. The fourth-order valence-electron chi connectivity index (χ4n) is 3.97. The van der Waals surface area contributed by atoms with E-state index >= 15 is 0 Å². The number of hydrogen-bond donors (Lipinski definition) is 1. The van der Waals surface area contributed by atoms with Gasteiger partial charge >= 0.3 is 5.97 Å². The highest BCUT2D eigenvalue weighted by atomic mass is 32.1. The lowest BCUT2D eigenvalue weighted by Crippen LogP contribution is -2.41. The number of carbonyl (C=O) groups is 2. The predicted octanol–water partition coefficient (Wildman–Crippen LogP) is 4.17. The Morgan fingerprint density at radius 3 is 2.76 bits per heavy atom. The van der Waals surface area contributed by atoms with Crippen LogP contribution in [0.2, 0.25) is 0 Å². The normalized spacial score (nSPS) is 16.0. The minimum Gasteiger partial charge on any atom is -0.493 e. The summed E-state index contributed by atoms with van der Waals surface area (Å²) >= 11 is 1.29. The minimum absolute atomic E-state index is 0.122. The number of amides is 1. The average Bonchev–Trinajstić information content (AvgIpc) is 3.26. The first-order chi connectivity index (χ1) is 16.0. The van der Waals surface area contributed by atoms with E-state index in [0.717, 1.165) is 24.9 Å². The highest BCUT2D eigenvalue weighted by molar-refractivity contribution is 7.15. The molecular formula is C24H29N3O5S. The van der Waals surface area contributed by atoms with Crippen LogP contribution in [-0.4, -0.2) is 57.2 Å². The third-order valence-corrected chi connectivity index (χ3v) is 6.51. The molecule has 1 N–H and O–H groups in total. The first-order valence-electron chi connectivity index (χ1n) is 10.9. The maximum absolute atomic E-state index is 13.1. The summed E-state index contributed by atoms with van der Waals surface area (Å²) in [6.45, 7) is 4.13. The molecule has 0 radical (unpaired) electrons. The number of methoxy groups -OCH3 is 2. The lowest BCUT2D eigenvalue weighted by Gasteiger charge is -2.31. The number of likely N-dealkylation sites (tertiary alicyclic amines) is 1. The van der Waals surface area contributed by atoms with E-state index in [-0.39, 0.29) is 18.4 Å². The van der Waals surface area contributed by atoms with Crippen LogP contribution in [0.25, 0.3) is 11.1 Å². The van der Waals surface area contributed by atoms with Gasteiger partial charge in [0.05, 0.1) is 32.8 Å². The Hall–Kier alpha value is -3.09. The first-order valence-corrected chi connectivity index (χ1v) is 11.8. The number of nitrogens with zero attached hydrogens (tertiary/aromatic N) is 2. The van der Waals surface area contributed by atoms with Crippen LogP contribution in [-0.2, 0) is 9.53 Å². The largest absolute Gasteiger partial charge is 0.493 e. The predicted molar refractivity (Wildman–Crippen MR) is 127 cm³/mol. The highest BCUT2D eigenvalue weighted by Crippen LogP contribution is 2.40. The molecule has 2 aromatic rings. The summed E-state index contributed by atoms with van der Waals surface area (Å²) < 4.78 is 16.0. The van der Waals surface area contributed by atoms with Gasteiger partial charge in [-0.15, -0.1) is 11.3 Å². The maximum Gasteiger partial charge on any atom is 0.341 e. The molecule has 176 valence electrons. The molecule has 1 amide bonds. The number of carbonyl (C=O) groups excluding carboxylic acids is 2. The smallest absolute Gasteiger partial charge is 0.341 e. The summed E-state index contributed by atoms with van der Waals surface area (Å²) in [5.41, 5.74) is 1.75. The molecule has 1 aromatic heterocycles. The van der Waals surface area contributed by atoms with Gasteiger partial charge in [-0.25, -0.2) is 4.79 Å². The van der Waals surface area contributed by atoms with Crippen molar-refractivity contribution in [3.63, 3.8) is 0 Å². The Morgan fingerprint density at radius 2 is 2.06 bits per heavy atom. The summed E-state index contributed by atoms with van der Waals surface area (Å²) in [7, 11) is 3.11. The van der Waals surface area contributed by atoms with E-state index < -0.39 is 5.97 Å². The number of nitrogens with one attached hydrogen (secondary N) is 1. The van der Waals surface area contributed by atoms with Gasteiger partial charge in [0, 0.05) is 30.5 Å². The van der Waals surface area contributed by atoms with E-state index in [9.17, 15) is 9.59 Å². The van der Waals surface area contributed by atoms with Crippen molar-refractivity contribution < 1.29 is 23.8 Å². The summed E-state index contributed by atoms with van der Waals surface area (Å²) in [4.78, 5) is 28.1. The molecule has 33 heavy (non-hydrogen) atoms. The number of thiophene rings is 1. The van der Waals surface area contributed by atoms with Crippen molar-refractivity contribution >= 4 is 28.2 Å². The maximum atomic E-state index is 13.1. The van der Waals surface area contributed by atoms with Gasteiger partial charge in [0.1, 0.15) is 10.6 Å².